The van der Waals surface area contributed by atoms with E-state index in [0.717, 1.165) is 12.6 Å². The molecule has 0 bridgehead atoms. The van der Waals surface area contributed by atoms with Gasteiger partial charge in [-0.3, -0.25) is 0 Å². The van der Waals surface area contributed by atoms with Crippen LogP contribution in [0.15, 0.2) is 0 Å². The first-order chi connectivity index (χ1) is 4.24. The van der Waals surface area contributed by atoms with Gasteiger partial charge >= 0.3 is 0 Å². The van der Waals surface area contributed by atoms with Crippen molar-refractivity contribution in [3.05, 3.63) is 0 Å². The third kappa shape index (κ3) is 418. The van der Waals surface area contributed by atoms with Crippen LogP contribution >= 0.6 is 0 Å². The third-order valence-corrected chi connectivity index (χ3v) is 0. The van der Waals surface area contributed by atoms with Crippen LogP contribution in [0.1, 0.15) is 20.8 Å². The Kier molecular flexibility index (Phi) is 95.8. The summed E-state index contributed by atoms with van der Waals surface area (Å²) in [5, 5.41) is 7.57. The molecule has 0 unspecified atom stereocenters. The zero-order valence-electron chi connectivity index (χ0n) is 6.13. The van der Waals surface area contributed by atoms with Crippen LogP contribution in [-0.2, 0) is 9.59 Å². The Labute approximate surface area is 55.7 Å². The predicted molar refractivity (Wildman–Crippen MR) is 36.2 cm³/mol. The van der Waals surface area contributed by atoms with Crippen LogP contribution in [0.25, 0.3) is 0 Å². The van der Waals surface area contributed by atoms with E-state index in [0.29, 0.717) is 0 Å². The molecule has 0 fully saturated rings. The Morgan fingerprint density at radius 3 is 1.22 bits per heavy atom. The van der Waals surface area contributed by atoms with Crippen LogP contribution in [-0.4, -0.2) is 24.3 Å². The molecule has 0 spiro atoms. The standard InChI is InChI=1S/C2H6O.2C2H4O/c3*1-2-3/h3H,2H2,1H3;2*2H,1H3. The van der Waals surface area contributed by atoms with Crippen molar-refractivity contribution >= 4 is 12.6 Å². The van der Waals surface area contributed by atoms with Crippen LogP contribution in [0.4, 0.5) is 0 Å². The summed E-state index contributed by atoms with van der Waals surface area (Å²) in [5.74, 6) is 0. The summed E-state index contributed by atoms with van der Waals surface area (Å²) in [6, 6.07) is 0. The summed E-state index contributed by atoms with van der Waals surface area (Å²) in [6.45, 7) is 4.82. The molecule has 0 radical (unpaired) electrons. The molecule has 9 heavy (non-hydrogen) atoms. The van der Waals surface area contributed by atoms with Crippen molar-refractivity contribution in [1.29, 1.82) is 0 Å². The average molecular weight is 134 g/mol. The number of hydrogen-bond acceptors (Lipinski definition) is 3. The van der Waals surface area contributed by atoms with Gasteiger partial charge in [0.15, 0.2) is 0 Å². The lowest BCUT2D eigenvalue weighted by molar-refractivity contribution is -0.106. The SMILES string of the molecule is CC=O.CC=O.CCO. The predicted octanol–water partition coefficient (Wildman–Crippen LogP) is 0.409. The second-order valence-electron chi connectivity index (χ2n) is 0.788. The zero-order chi connectivity index (χ0) is 8.12. The lowest BCUT2D eigenvalue weighted by Gasteiger charge is -1.52. The maximum absolute atomic E-state index is 8.81. The first kappa shape index (κ1) is 15.7. The van der Waals surface area contributed by atoms with Crippen molar-refractivity contribution in [2.45, 2.75) is 20.8 Å². The Balaban J connectivity index is -0.0000000600. The maximum atomic E-state index is 8.81. The third-order valence-electron chi connectivity index (χ3n) is 0. The van der Waals surface area contributed by atoms with Gasteiger partial charge in [0, 0.05) is 6.61 Å². The first-order valence-electron chi connectivity index (χ1n) is 2.65. The molecule has 1 N–H and O–H groups in total. The maximum Gasteiger partial charge on any atom is 0.116 e. The van der Waals surface area contributed by atoms with Gasteiger partial charge < -0.3 is 14.7 Å². The highest BCUT2D eigenvalue weighted by Gasteiger charge is 1.34. The molecule has 0 atom stereocenters. The lowest BCUT2D eigenvalue weighted by atomic mass is 10.9. The second kappa shape index (κ2) is 54.8. The van der Waals surface area contributed by atoms with Gasteiger partial charge in [-0.1, -0.05) is 0 Å². The number of aliphatic hydroxyl groups is 1. The highest BCUT2D eigenvalue weighted by Crippen LogP contribution is 1.30. The Hall–Kier alpha value is -0.700. The molecule has 0 rings (SSSR count). The number of carbonyl (C=O) groups is 2. The van der Waals surface area contributed by atoms with Crippen LogP contribution < -0.4 is 0 Å². The average Bonchev–Trinajstić information content (AvgIpc) is 1.70. The molecule has 56 valence electrons. The summed E-state index contributed by atoms with van der Waals surface area (Å²) in [4.78, 5) is 17.6. The van der Waals surface area contributed by atoms with E-state index >= 15 is 0 Å². The highest BCUT2D eigenvalue weighted by atomic mass is 16.2. The molecule has 0 amide bonds. The smallest absolute Gasteiger partial charge is 0.116 e. The first-order valence-corrected chi connectivity index (χ1v) is 2.65. The summed E-state index contributed by atoms with van der Waals surface area (Å²) in [5.41, 5.74) is 0. The van der Waals surface area contributed by atoms with Gasteiger partial charge in [0.25, 0.3) is 0 Å². The Morgan fingerprint density at radius 1 is 1.22 bits per heavy atom. The topological polar surface area (TPSA) is 54.4 Å². The molecule has 0 aliphatic heterocycles. The fourth-order valence-corrected chi connectivity index (χ4v) is 0. The number of rotatable bonds is 0. The van der Waals surface area contributed by atoms with E-state index in [1.165, 1.54) is 13.8 Å². The molecule has 0 aromatic carbocycles. The van der Waals surface area contributed by atoms with Gasteiger partial charge in [-0.05, 0) is 20.8 Å². The minimum Gasteiger partial charge on any atom is -0.397 e. The van der Waals surface area contributed by atoms with Crippen molar-refractivity contribution in [1.82, 2.24) is 0 Å². The van der Waals surface area contributed by atoms with Gasteiger partial charge in [-0.2, -0.15) is 0 Å². The quantitative estimate of drug-likeness (QED) is 0.488. The number of hydrogen-bond donors (Lipinski definition) is 1. The summed E-state index contributed by atoms with van der Waals surface area (Å²) in [7, 11) is 0. The molecular weight excluding hydrogens is 120 g/mol. The highest BCUT2D eigenvalue weighted by molar-refractivity contribution is 5.44. The minimum absolute atomic E-state index is 0.250. The molecule has 0 aromatic rings. The summed E-state index contributed by atoms with van der Waals surface area (Å²) >= 11 is 0. The van der Waals surface area contributed by atoms with E-state index in [2.05, 4.69) is 0 Å². The van der Waals surface area contributed by atoms with E-state index < -0.39 is 0 Å². The van der Waals surface area contributed by atoms with Crippen molar-refractivity contribution < 1.29 is 14.7 Å². The van der Waals surface area contributed by atoms with Gasteiger partial charge in [0.1, 0.15) is 12.6 Å². The molecule has 3 heteroatoms. The van der Waals surface area contributed by atoms with E-state index in [9.17, 15) is 0 Å². The van der Waals surface area contributed by atoms with Gasteiger partial charge in [0.2, 0.25) is 0 Å². The zero-order valence-corrected chi connectivity index (χ0v) is 6.13. The van der Waals surface area contributed by atoms with Crippen molar-refractivity contribution in [2.24, 2.45) is 0 Å². The Bertz CT molecular complexity index is 37.6. The molecule has 0 aliphatic rings. The number of carbonyl (C=O) groups excluding carboxylic acids is 2. The van der Waals surface area contributed by atoms with Crippen molar-refractivity contribution in [2.75, 3.05) is 6.61 Å². The number of aldehydes is 2. The fourth-order valence-electron chi connectivity index (χ4n) is 0. The lowest BCUT2D eigenvalue weighted by Crippen LogP contribution is -1.57. The monoisotopic (exact) mass is 134 g/mol. The molecule has 0 saturated heterocycles. The van der Waals surface area contributed by atoms with Gasteiger partial charge in [-0.15, -0.1) is 0 Å². The van der Waals surface area contributed by atoms with Crippen molar-refractivity contribution in [3.63, 3.8) is 0 Å². The number of aliphatic hydroxyl groups excluding tert-OH is 1. The largest absolute Gasteiger partial charge is 0.397 e. The Morgan fingerprint density at radius 2 is 1.22 bits per heavy atom. The van der Waals surface area contributed by atoms with Crippen LogP contribution in [0.2, 0.25) is 0 Å². The molecule has 0 aliphatic carbocycles. The van der Waals surface area contributed by atoms with E-state index in [-0.39, 0.29) is 6.61 Å². The summed E-state index contributed by atoms with van der Waals surface area (Å²) < 4.78 is 0. The van der Waals surface area contributed by atoms with E-state index in [4.69, 9.17) is 14.7 Å². The van der Waals surface area contributed by atoms with Crippen LogP contribution in [0, 0.1) is 0 Å². The van der Waals surface area contributed by atoms with Crippen molar-refractivity contribution in [3.8, 4) is 0 Å². The molecule has 0 aromatic heterocycles. The second-order valence-corrected chi connectivity index (χ2v) is 0.788. The molecular formula is C6H14O3. The van der Waals surface area contributed by atoms with Gasteiger partial charge in [0.05, 0.1) is 0 Å². The molecule has 0 saturated carbocycles. The fraction of sp³-hybridized carbons (Fsp3) is 0.667. The minimum atomic E-state index is 0.250. The van der Waals surface area contributed by atoms with E-state index in [1.807, 2.05) is 0 Å². The van der Waals surface area contributed by atoms with Crippen LogP contribution in [0.5, 0.6) is 0 Å². The van der Waals surface area contributed by atoms with Crippen LogP contribution in [0.3, 0.4) is 0 Å². The normalized spacial score (nSPS) is 4.89. The summed E-state index contributed by atoms with van der Waals surface area (Å²) in [6.07, 6.45) is 1.50. The molecule has 3 nitrogen and oxygen atoms in total. The van der Waals surface area contributed by atoms with E-state index in [1.54, 1.807) is 6.92 Å². The molecule has 0 heterocycles. The van der Waals surface area contributed by atoms with Gasteiger partial charge in [-0.25, -0.2) is 0 Å².